The number of phenols is 1. The molecule has 0 bridgehead atoms. The fourth-order valence-corrected chi connectivity index (χ4v) is 2.35. The zero-order valence-electron chi connectivity index (χ0n) is 13.0. The van der Waals surface area contributed by atoms with Crippen molar-refractivity contribution in [3.8, 4) is 5.75 Å². The molecular formula is C13H16F3N3O5. The molecule has 11 heteroatoms. The van der Waals surface area contributed by atoms with E-state index in [1.54, 1.807) is 13.8 Å². The number of benzene rings is 1. The fraction of sp³-hybridized carbons (Fsp3) is 0.538. The van der Waals surface area contributed by atoms with Crippen LogP contribution in [-0.2, 0) is 6.18 Å². The molecule has 0 fully saturated rings. The summed E-state index contributed by atoms with van der Waals surface area (Å²) in [5.74, 6) is -1.62. The van der Waals surface area contributed by atoms with Gasteiger partial charge in [-0.25, -0.2) is 0 Å². The second-order valence-electron chi connectivity index (χ2n) is 4.99. The average molecular weight is 351 g/mol. The van der Waals surface area contributed by atoms with Crippen LogP contribution in [0.2, 0.25) is 0 Å². The van der Waals surface area contributed by atoms with Crippen LogP contribution < -0.4 is 4.90 Å². The van der Waals surface area contributed by atoms with Gasteiger partial charge in [0.25, 0.3) is 0 Å². The van der Waals surface area contributed by atoms with E-state index in [2.05, 4.69) is 0 Å². The van der Waals surface area contributed by atoms with Gasteiger partial charge in [-0.1, -0.05) is 13.8 Å². The van der Waals surface area contributed by atoms with Gasteiger partial charge in [0, 0.05) is 19.2 Å². The second kappa shape index (κ2) is 7.32. The van der Waals surface area contributed by atoms with Crippen molar-refractivity contribution in [3.05, 3.63) is 31.9 Å². The second-order valence-corrected chi connectivity index (χ2v) is 4.99. The zero-order valence-corrected chi connectivity index (χ0v) is 13.0. The molecule has 1 aromatic carbocycles. The molecule has 0 amide bonds. The van der Waals surface area contributed by atoms with E-state index in [9.17, 15) is 38.5 Å². The molecule has 134 valence electrons. The van der Waals surface area contributed by atoms with Gasteiger partial charge < -0.3 is 10.0 Å². The van der Waals surface area contributed by atoms with Crippen LogP contribution in [-0.4, -0.2) is 28.0 Å². The standard InChI is InChI=1S/C13H16F3N3O5/c1-3-5-17(6-4-2)10-9(18(21)22)7-8(13(14,15)16)12(20)11(10)19(23)24/h7,20H,3-6H2,1-2H3. The SMILES string of the molecule is CCCN(CCC)c1c([N+](=O)[O-])cc(C(F)(F)F)c(O)c1[N+](=O)[O-]. The Morgan fingerprint density at radius 3 is 1.96 bits per heavy atom. The normalized spacial score (nSPS) is 11.4. The van der Waals surface area contributed by atoms with Gasteiger partial charge in [0.15, 0.2) is 5.69 Å². The summed E-state index contributed by atoms with van der Waals surface area (Å²) in [7, 11) is 0. The van der Waals surface area contributed by atoms with Crippen molar-refractivity contribution in [1.29, 1.82) is 0 Å². The van der Waals surface area contributed by atoms with E-state index in [0.717, 1.165) is 0 Å². The zero-order chi connectivity index (χ0) is 18.7. The monoisotopic (exact) mass is 351 g/mol. The minimum Gasteiger partial charge on any atom is -0.502 e. The molecule has 0 aliphatic heterocycles. The molecule has 0 spiro atoms. The number of nitro groups is 2. The van der Waals surface area contributed by atoms with Crippen LogP contribution in [0, 0.1) is 20.2 Å². The van der Waals surface area contributed by atoms with Gasteiger partial charge in [0.2, 0.25) is 5.75 Å². The number of alkyl halides is 3. The van der Waals surface area contributed by atoms with Gasteiger partial charge in [-0.2, -0.15) is 13.2 Å². The maximum absolute atomic E-state index is 12.9. The lowest BCUT2D eigenvalue weighted by Gasteiger charge is -2.24. The van der Waals surface area contributed by atoms with Gasteiger partial charge in [0.1, 0.15) is 5.56 Å². The predicted octanol–water partition coefficient (Wildman–Crippen LogP) is 3.85. The van der Waals surface area contributed by atoms with Crippen molar-refractivity contribution < 1.29 is 28.1 Å². The molecule has 24 heavy (non-hydrogen) atoms. The van der Waals surface area contributed by atoms with Crippen LogP contribution in [0.1, 0.15) is 32.3 Å². The maximum Gasteiger partial charge on any atom is 0.420 e. The van der Waals surface area contributed by atoms with E-state index in [-0.39, 0.29) is 19.2 Å². The summed E-state index contributed by atoms with van der Waals surface area (Å²) in [4.78, 5) is 21.3. The van der Waals surface area contributed by atoms with Crippen LogP contribution in [0.5, 0.6) is 5.75 Å². The molecule has 0 aliphatic carbocycles. The summed E-state index contributed by atoms with van der Waals surface area (Å²) >= 11 is 0. The van der Waals surface area contributed by atoms with Gasteiger partial charge in [-0.15, -0.1) is 0 Å². The Morgan fingerprint density at radius 2 is 1.62 bits per heavy atom. The highest BCUT2D eigenvalue weighted by Crippen LogP contribution is 2.50. The Hall–Kier alpha value is -2.59. The van der Waals surface area contributed by atoms with Crippen LogP contribution >= 0.6 is 0 Å². The minimum atomic E-state index is -5.17. The summed E-state index contributed by atoms with van der Waals surface area (Å²) in [5, 5.41) is 32.2. The average Bonchev–Trinajstić information content (AvgIpc) is 2.44. The minimum absolute atomic E-state index is 0.135. The number of aromatic hydroxyl groups is 1. The van der Waals surface area contributed by atoms with E-state index in [1.807, 2.05) is 0 Å². The van der Waals surface area contributed by atoms with Crippen LogP contribution in [0.3, 0.4) is 0 Å². The molecule has 1 rings (SSSR count). The molecule has 0 aromatic heterocycles. The van der Waals surface area contributed by atoms with Crippen molar-refractivity contribution in [2.75, 3.05) is 18.0 Å². The maximum atomic E-state index is 12.9. The molecule has 0 saturated carbocycles. The third kappa shape index (κ3) is 3.84. The van der Waals surface area contributed by atoms with Gasteiger partial charge in [-0.3, -0.25) is 20.2 Å². The van der Waals surface area contributed by atoms with Crippen molar-refractivity contribution in [2.24, 2.45) is 0 Å². The van der Waals surface area contributed by atoms with E-state index >= 15 is 0 Å². The van der Waals surface area contributed by atoms with Gasteiger partial charge in [0.05, 0.1) is 9.85 Å². The first-order valence-electron chi connectivity index (χ1n) is 7.07. The van der Waals surface area contributed by atoms with Crippen LogP contribution in [0.15, 0.2) is 6.07 Å². The number of anilines is 1. The van der Waals surface area contributed by atoms with Gasteiger partial charge in [-0.05, 0) is 12.8 Å². The summed E-state index contributed by atoms with van der Waals surface area (Å²) in [6.07, 6.45) is -4.26. The first-order chi connectivity index (χ1) is 11.1. The molecule has 0 heterocycles. The first-order valence-corrected chi connectivity index (χ1v) is 7.07. The third-order valence-electron chi connectivity index (χ3n) is 3.22. The molecule has 0 saturated heterocycles. The first kappa shape index (κ1) is 19.5. The van der Waals surface area contributed by atoms with E-state index in [4.69, 9.17) is 0 Å². The Morgan fingerprint density at radius 1 is 1.12 bits per heavy atom. The molecule has 0 radical (unpaired) electrons. The summed E-state index contributed by atoms with van der Waals surface area (Å²) in [6, 6.07) is 0.135. The Bertz CT molecular complexity index is 643. The number of hydrogen-bond donors (Lipinski definition) is 1. The Balaban J connectivity index is 3.87. The number of rotatable bonds is 7. The molecule has 1 aromatic rings. The molecule has 8 nitrogen and oxygen atoms in total. The number of phenolic OH excluding ortho intramolecular Hbond substituents is 1. The van der Waals surface area contributed by atoms with Crippen molar-refractivity contribution in [2.45, 2.75) is 32.9 Å². The number of nitro benzene ring substituents is 2. The van der Waals surface area contributed by atoms with Crippen LogP contribution in [0.25, 0.3) is 0 Å². The lowest BCUT2D eigenvalue weighted by atomic mass is 10.1. The van der Waals surface area contributed by atoms with Gasteiger partial charge >= 0.3 is 17.6 Å². The molecule has 0 atom stereocenters. The van der Waals surface area contributed by atoms with E-state index in [0.29, 0.717) is 12.8 Å². The quantitative estimate of drug-likeness (QED) is 0.590. The summed E-state index contributed by atoms with van der Waals surface area (Å²) in [6.45, 7) is 3.73. The topological polar surface area (TPSA) is 110 Å². The highest BCUT2D eigenvalue weighted by Gasteiger charge is 2.44. The highest BCUT2D eigenvalue weighted by molar-refractivity contribution is 5.81. The van der Waals surface area contributed by atoms with Crippen LogP contribution in [0.4, 0.5) is 30.2 Å². The van der Waals surface area contributed by atoms with Crippen molar-refractivity contribution >= 4 is 17.1 Å². The summed E-state index contributed by atoms with van der Waals surface area (Å²) in [5.41, 5.74) is -4.79. The highest BCUT2D eigenvalue weighted by atomic mass is 19.4. The Kier molecular flexibility index (Phi) is 5.93. The number of nitrogens with zero attached hydrogens (tertiary/aromatic N) is 3. The van der Waals surface area contributed by atoms with Crippen molar-refractivity contribution in [3.63, 3.8) is 0 Å². The molecule has 1 N–H and O–H groups in total. The molecule has 0 unspecified atom stereocenters. The number of halogens is 3. The molecule has 0 aliphatic rings. The summed E-state index contributed by atoms with van der Waals surface area (Å²) < 4.78 is 38.8. The third-order valence-corrected chi connectivity index (χ3v) is 3.22. The lowest BCUT2D eigenvalue weighted by molar-refractivity contribution is -0.393. The van der Waals surface area contributed by atoms with E-state index < -0.39 is 44.4 Å². The predicted molar refractivity (Wildman–Crippen MR) is 79.2 cm³/mol. The lowest BCUT2D eigenvalue weighted by Crippen LogP contribution is -2.27. The Labute approximate surface area is 134 Å². The number of hydrogen-bond acceptors (Lipinski definition) is 6. The fourth-order valence-electron chi connectivity index (χ4n) is 2.35. The smallest absolute Gasteiger partial charge is 0.420 e. The molecular weight excluding hydrogens is 335 g/mol. The largest absolute Gasteiger partial charge is 0.502 e. The van der Waals surface area contributed by atoms with E-state index in [1.165, 1.54) is 4.90 Å². The van der Waals surface area contributed by atoms with Crippen molar-refractivity contribution in [1.82, 2.24) is 0 Å².